The summed E-state index contributed by atoms with van der Waals surface area (Å²) in [4.78, 5) is 0. The summed E-state index contributed by atoms with van der Waals surface area (Å²) in [7, 11) is 0. The summed E-state index contributed by atoms with van der Waals surface area (Å²) in [6.07, 6.45) is 2.02. The fourth-order valence-corrected chi connectivity index (χ4v) is 4.21. The molecule has 0 aliphatic carbocycles. The first-order chi connectivity index (χ1) is 15.6. The van der Waals surface area contributed by atoms with Crippen molar-refractivity contribution in [3.05, 3.63) is 88.5 Å². The van der Waals surface area contributed by atoms with Crippen LogP contribution in [0.25, 0.3) is 5.70 Å². The monoisotopic (exact) mass is 451 g/mol. The maximum Gasteiger partial charge on any atom is 0.231 e. The second-order valence-electron chi connectivity index (χ2n) is 7.67. The Balaban J connectivity index is 1.56. The second kappa shape index (κ2) is 8.65. The number of nitrogens with one attached hydrogen (secondary N) is 1. The number of rotatable bonds is 5. The number of hydrogen-bond donors (Lipinski definition) is 3. The smallest absolute Gasteiger partial charge is 0.231 e. The molecule has 164 valence electrons. The third-order valence-electron chi connectivity index (χ3n) is 5.66. The molecule has 0 fully saturated rings. The number of fused-ring (bicyclic) bond motifs is 1. The number of nitrogens with two attached hydrogens (primary N) is 1. The fourth-order valence-electron chi connectivity index (χ4n) is 4.09. The molecule has 0 aromatic heterocycles. The van der Waals surface area contributed by atoms with Crippen LogP contribution < -0.4 is 24.8 Å². The maximum absolute atomic E-state index is 10.9. The lowest BCUT2D eigenvalue weighted by Crippen LogP contribution is -2.89. The van der Waals surface area contributed by atoms with Gasteiger partial charge in [-0.05, 0) is 61.5 Å². The normalized spacial score (nSPS) is 19.2. The molecule has 6 nitrogen and oxygen atoms in total. The Morgan fingerprint density at radius 3 is 2.72 bits per heavy atom. The fraction of sp³-hybridized carbons (Fsp3) is 0.200. The molecule has 0 radical (unpaired) electrons. The van der Waals surface area contributed by atoms with E-state index in [1.807, 2.05) is 61.5 Å². The third-order valence-corrected chi connectivity index (χ3v) is 5.91. The highest BCUT2D eigenvalue weighted by Crippen LogP contribution is 2.38. The molecular formula is C25H24ClN2O4+. The van der Waals surface area contributed by atoms with Crippen LogP contribution in [0.4, 0.5) is 0 Å². The van der Waals surface area contributed by atoms with Crippen molar-refractivity contribution in [2.24, 2.45) is 0 Å². The summed E-state index contributed by atoms with van der Waals surface area (Å²) < 4.78 is 16.6. The lowest BCUT2D eigenvalue weighted by Gasteiger charge is -2.30. The largest absolute Gasteiger partial charge is 0.504 e. The van der Waals surface area contributed by atoms with Crippen LogP contribution in [0.1, 0.15) is 35.8 Å². The number of benzene rings is 3. The number of phenols is 1. The van der Waals surface area contributed by atoms with Crippen molar-refractivity contribution in [2.45, 2.75) is 19.1 Å². The highest BCUT2D eigenvalue weighted by Gasteiger charge is 2.30. The van der Waals surface area contributed by atoms with E-state index in [1.165, 1.54) is 0 Å². The van der Waals surface area contributed by atoms with E-state index in [2.05, 4.69) is 16.7 Å². The number of halogens is 1. The van der Waals surface area contributed by atoms with Gasteiger partial charge in [-0.25, -0.2) is 0 Å². The Morgan fingerprint density at radius 2 is 1.91 bits per heavy atom. The summed E-state index contributed by atoms with van der Waals surface area (Å²) in [5.74, 6) is 2.11. The maximum atomic E-state index is 10.9. The van der Waals surface area contributed by atoms with Gasteiger partial charge in [0.05, 0.1) is 12.2 Å². The molecule has 2 heterocycles. The molecule has 5 rings (SSSR count). The van der Waals surface area contributed by atoms with Gasteiger partial charge in [0.15, 0.2) is 29.2 Å². The van der Waals surface area contributed by atoms with E-state index in [0.717, 1.165) is 33.9 Å². The van der Waals surface area contributed by atoms with Crippen LogP contribution in [-0.2, 0) is 0 Å². The Morgan fingerprint density at radius 1 is 1.09 bits per heavy atom. The molecule has 2 aliphatic rings. The predicted octanol–water partition coefficient (Wildman–Crippen LogP) is 4.12. The van der Waals surface area contributed by atoms with Gasteiger partial charge in [-0.2, -0.15) is 0 Å². The van der Waals surface area contributed by atoms with Gasteiger partial charge in [0.2, 0.25) is 6.79 Å². The van der Waals surface area contributed by atoms with Gasteiger partial charge < -0.3 is 30.0 Å². The van der Waals surface area contributed by atoms with Crippen LogP contribution >= 0.6 is 11.6 Å². The molecule has 7 heteroatoms. The summed E-state index contributed by atoms with van der Waals surface area (Å²) >= 11 is 6.11. The Labute approximate surface area is 191 Å². The van der Waals surface area contributed by atoms with E-state index < -0.39 is 0 Å². The molecule has 4 N–H and O–H groups in total. The van der Waals surface area contributed by atoms with Crippen molar-refractivity contribution >= 4 is 17.3 Å². The van der Waals surface area contributed by atoms with Crippen molar-refractivity contribution in [2.75, 3.05) is 13.4 Å². The minimum absolute atomic E-state index is 0.0853. The average Bonchev–Trinajstić information content (AvgIpc) is 3.29. The number of aromatic hydroxyl groups is 1. The van der Waals surface area contributed by atoms with E-state index in [4.69, 9.17) is 25.8 Å². The highest BCUT2D eigenvalue weighted by atomic mass is 35.5. The van der Waals surface area contributed by atoms with Gasteiger partial charge in [0, 0.05) is 27.9 Å². The number of quaternary nitrogens is 1. The second-order valence-corrected chi connectivity index (χ2v) is 8.10. The van der Waals surface area contributed by atoms with Gasteiger partial charge in [-0.15, -0.1) is 0 Å². The topological polar surface area (TPSA) is 76.6 Å². The number of phenolic OH excluding ortho intramolecular Hbond substituents is 1. The zero-order valence-corrected chi connectivity index (χ0v) is 18.3. The molecule has 0 amide bonds. The van der Waals surface area contributed by atoms with Crippen molar-refractivity contribution < 1.29 is 24.6 Å². The van der Waals surface area contributed by atoms with Crippen molar-refractivity contribution in [1.82, 2.24) is 5.32 Å². The predicted molar refractivity (Wildman–Crippen MR) is 122 cm³/mol. The van der Waals surface area contributed by atoms with Crippen LogP contribution in [-0.4, -0.2) is 18.5 Å². The number of ether oxygens (including phenoxy) is 3. The molecule has 3 aromatic rings. The summed E-state index contributed by atoms with van der Waals surface area (Å²) in [6, 6.07) is 19.1. The van der Waals surface area contributed by atoms with Crippen LogP contribution in [0.5, 0.6) is 23.0 Å². The molecule has 2 aliphatic heterocycles. The van der Waals surface area contributed by atoms with Gasteiger partial charge >= 0.3 is 0 Å². The molecule has 3 aromatic carbocycles. The molecular weight excluding hydrogens is 428 g/mol. The first-order valence-electron chi connectivity index (χ1n) is 10.6. The highest BCUT2D eigenvalue weighted by molar-refractivity contribution is 6.30. The molecule has 0 bridgehead atoms. The standard InChI is InChI=1S/C25H23ClN2O4/c1-2-30-22-5-3-4-18(24(22)29)20-13-19(16-8-11-21-23(12-16)32-14-31-21)27-25(28-20)15-6-9-17(26)10-7-15/h3-13,20,25,27-29H,2,14H2,1H3/p+1. The van der Waals surface area contributed by atoms with E-state index in [0.29, 0.717) is 17.4 Å². The Kier molecular flexibility index (Phi) is 5.55. The first kappa shape index (κ1) is 20.5. The van der Waals surface area contributed by atoms with Crippen LogP contribution in [0.15, 0.2) is 66.7 Å². The van der Waals surface area contributed by atoms with Gasteiger partial charge in [-0.3, -0.25) is 0 Å². The zero-order valence-electron chi connectivity index (χ0n) is 17.5. The van der Waals surface area contributed by atoms with Gasteiger partial charge in [0.25, 0.3) is 0 Å². The SMILES string of the molecule is CCOc1cccc(C2C=C(c3ccc4c(c3)OCO4)NC(c3ccc(Cl)cc3)[NH2+]2)c1O. The van der Waals surface area contributed by atoms with Crippen molar-refractivity contribution in [3.63, 3.8) is 0 Å². The quantitative estimate of drug-likeness (QED) is 0.544. The molecule has 32 heavy (non-hydrogen) atoms. The van der Waals surface area contributed by atoms with E-state index in [-0.39, 0.29) is 24.8 Å². The lowest BCUT2D eigenvalue weighted by molar-refractivity contribution is -0.731. The molecule has 0 saturated heterocycles. The lowest BCUT2D eigenvalue weighted by atomic mass is 9.97. The Hall–Kier alpha value is -3.35. The van der Waals surface area contributed by atoms with Crippen LogP contribution in [0.2, 0.25) is 5.02 Å². The Bertz CT molecular complexity index is 1160. The number of para-hydroxylation sites is 1. The molecule has 0 saturated carbocycles. The summed E-state index contributed by atoms with van der Waals surface area (Å²) in [5.41, 5.74) is 3.78. The molecule has 2 unspecified atom stereocenters. The van der Waals surface area contributed by atoms with Gasteiger partial charge in [0.1, 0.15) is 6.04 Å². The van der Waals surface area contributed by atoms with Crippen LogP contribution in [0, 0.1) is 0 Å². The van der Waals surface area contributed by atoms with Gasteiger partial charge in [-0.1, -0.05) is 17.7 Å². The van der Waals surface area contributed by atoms with E-state index in [9.17, 15) is 5.11 Å². The number of hydrogen-bond acceptors (Lipinski definition) is 5. The first-order valence-corrected chi connectivity index (χ1v) is 10.9. The van der Waals surface area contributed by atoms with E-state index >= 15 is 0 Å². The van der Waals surface area contributed by atoms with Crippen LogP contribution in [0.3, 0.4) is 0 Å². The zero-order chi connectivity index (χ0) is 22.1. The average molecular weight is 452 g/mol. The molecule has 2 atom stereocenters. The summed E-state index contributed by atoms with van der Waals surface area (Å²) in [6.45, 7) is 2.61. The third kappa shape index (κ3) is 3.95. The van der Waals surface area contributed by atoms with Crippen molar-refractivity contribution in [3.8, 4) is 23.0 Å². The van der Waals surface area contributed by atoms with E-state index in [1.54, 1.807) is 6.07 Å². The molecule has 0 spiro atoms. The summed E-state index contributed by atoms with van der Waals surface area (Å²) in [5, 5.41) is 17.4. The van der Waals surface area contributed by atoms with Crippen molar-refractivity contribution in [1.29, 1.82) is 0 Å². The minimum Gasteiger partial charge on any atom is -0.504 e. The minimum atomic E-state index is -0.141.